The van der Waals surface area contributed by atoms with Crippen molar-refractivity contribution in [2.24, 2.45) is 0 Å². The lowest BCUT2D eigenvalue weighted by Crippen LogP contribution is -2.37. The van der Waals surface area contributed by atoms with Crippen LogP contribution in [0.4, 0.5) is 18.9 Å². The van der Waals surface area contributed by atoms with E-state index >= 15 is 0 Å². The fourth-order valence-corrected chi connectivity index (χ4v) is 2.80. The second kappa shape index (κ2) is 6.99. The summed E-state index contributed by atoms with van der Waals surface area (Å²) in [6.45, 7) is -0.609. The molecule has 0 aliphatic carbocycles. The molecule has 0 aromatic heterocycles. The first-order valence-electron chi connectivity index (χ1n) is 7.44. The smallest absolute Gasteiger partial charge is 0.419 e. The molecule has 0 fully saturated rings. The Balaban J connectivity index is 1.98. The maximum Gasteiger partial charge on any atom is 0.419 e. The topological polar surface area (TPSA) is 67.4 Å². The second-order valence-electron chi connectivity index (χ2n) is 5.51. The number of alkyl halides is 3. The predicted molar refractivity (Wildman–Crippen MR) is 90.6 cm³/mol. The molecule has 1 heterocycles. The maximum atomic E-state index is 13.2. The van der Waals surface area contributed by atoms with Gasteiger partial charge in [0, 0.05) is 15.7 Å². The number of anilines is 1. The Morgan fingerprint density at radius 1 is 1.19 bits per heavy atom. The van der Waals surface area contributed by atoms with Crippen LogP contribution in [0.15, 0.2) is 46.9 Å². The minimum Gasteiger partial charge on any atom is -0.483 e. The molecule has 3 rings (SSSR count). The zero-order valence-electron chi connectivity index (χ0n) is 13.1. The molecular formula is C17H12BrF3N2O3. The SMILES string of the molecule is O=C1COc2c(cccc2C(F)(F)F)C(C(=O)Nc2ccc(Br)cc2)N1. The van der Waals surface area contributed by atoms with Gasteiger partial charge in [0.2, 0.25) is 0 Å². The molecule has 0 spiro atoms. The van der Waals surface area contributed by atoms with Crippen molar-refractivity contribution in [1.29, 1.82) is 0 Å². The molecule has 0 radical (unpaired) electrons. The lowest BCUT2D eigenvalue weighted by atomic mass is 10.0. The van der Waals surface area contributed by atoms with Gasteiger partial charge in [0.05, 0.1) is 5.56 Å². The van der Waals surface area contributed by atoms with Crippen LogP contribution in [0.25, 0.3) is 0 Å². The third-order valence-electron chi connectivity index (χ3n) is 3.69. The number of para-hydroxylation sites is 1. The van der Waals surface area contributed by atoms with Crippen molar-refractivity contribution in [2.75, 3.05) is 11.9 Å². The van der Waals surface area contributed by atoms with Crippen molar-refractivity contribution < 1.29 is 27.5 Å². The number of benzene rings is 2. The summed E-state index contributed by atoms with van der Waals surface area (Å²) in [5.74, 6) is -1.88. The van der Waals surface area contributed by atoms with Crippen LogP contribution in [-0.4, -0.2) is 18.4 Å². The Labute approximate surface area is 154 Å². The number of hydrogen-bond acceptors (Lipinski definition) is 3. The van der Waals surface area contributed by atoms with Crippen LogP contribution in [-0.2, 0) is 15.8 Å². The summed E-state index contributed by atoms with van der Waals surface area (Å²) in [7, 11) is 0. The number of ether oxygens (including phenoxy) is 1. The minimum absolute atomic E-state index is 0.0553. The van der Waals surface area contributed by atoms with Crippen LogP contribution >= 0.6 is 15.9 Å². The van der Waals surface area contributed by atoms with Gasteiger partial charge in [-0.25, -0.2) is 0 Å². The van der Waals surface area contributed by atoms with Gasteiger partial charge >= 0.3 is 6.18 Å². The van der Waals surface area contributed by atoms with Gasteiger partial charge in [0.15, 0.2) is 6.61 Å². The molecule has 0 saturated heterocycles. The fraction of sp³-hybridized carbons (Fsp3) is 0.176. The number of hydrogen-bond donors (Lipinski definition) is 2. The molecule has 5 nitrogen and oxygen atoms in total. The van der Waals surface area contributed by atoms with Gasteiger partial charge in [-0.05, 0) is 30.3 Å². The summed E-state index contributed by atoms with van der Waals surface area (Å²) >= 11 is 3.26. The Kier molecular flexibility index (Phi) is 4.90. The molecule has 2 aromatic carbocycles. The molecule has 1 aliphatic heterocycles. The van der Waals surface area contributed by atoms with E-state index in [4.69, 9.17) is 4.74 Å². The number of nitrogens with one attached hydrogen (secondary N) is 2. The normalized spacial score (nSPS) is 16.8. The maximum absolute atomic E-state index is 13.2. The molecule has 9 heteroatoms. The standard InChI is InChI=1S/C17H12BrF3N2O3/c18-9-4-6-10(7-5-9)22-16(25)14-11-2-1-3-12(17(19,20)21)15(11)26-8-13(24)23-14/h1-7,14H,8H2,(H,22,25)(H,23,24). The second-order valence-corrected chi connectivity index (χ2v) is 6.42. The third-order valence-corrected chi connectivity index (χ3v) is 4.22. The van der Waals surface area contributed by atoms with E-state index in [0.717, 1.165) is 10.5 Å². The van der Waals surface area contributed by atoms with E-state index in [1.165, 1.54) is 12.1 Å². The highest BCUT2D eigenvalue weighted by Gasteiger charge is 2.39. The quantitative estimate of drug-likeness (QED) is 0.766. The fourth-order valence-electron chi connectivity index (χ4n) is 2.54. The van der Waals surface area contributed by atoms with E-state index in [0.29, 0.717) is 5.69 Å². The summed E-state index contributed by atoms with van der Waals surface area (Å²) in [6, 6.07) is 8.64. The first kappa shape index (κ1) is 18.2. The first-order valence-corrected chi connectivity index (χ1v) is 8.23. The molecule has 1 unspecified atom stereocenters. The van der Waals surface area contributed by atoms with Crippen LogP contribution in [0.3, 0.4) is 0 Å². The molecule has 0 saturated carbocycles. The van der Waals surface area contributed by atoms with E-state index in [9.17, 15) is 22.8 Å². The molecule has 2 amide bonds. The lowest BCUT2D eigenvalue weighted by Gasteiger charge is -2.19. The Hall–Kier alpha value is -2.55. The summed E-state index contributed by atoms with van der Waals surface area (Å²) in [6.07, 6.45) is -4.68. The summed E-state index contributed by atoms with van der Waals surface area (Å²) < 4.78 is 45.5. The molecule has 2 aromatic rings. The van der Waals surface area contributed by atoms with Gasteiger partial charge in [-0.3, -0.25) is 9.59 Å². The van der Waals surface area contributed by atoms with Crippen LogP contribution in [0.1, 0.15) is 17.2 Å². The predicted octanol–water partition coefficient (Wildman–Crippen LogP) is 3.66. The first-order chi connectivity index (χ1) is 12.3. The van der Waals surface area contributed by atoms with E-state index in [1.54, 1.807) is 24.3 Å². The third kappa shape index (κ3) is 3.82. The van der Waals surface area contributed by atoms with Crippen molar-refractivity contribution in [2.45, 2.75) is 12.2 Å². The Morgan fingerprint density at radius 3 is 2.54 bits per heavy atom. The highest BCUT2D eigenvalue weighted by molar-refractivity contribution is 9.10. The Bertz CT molecular complexity index is 853. The van der Waals surface area contributed by atoms with Crippen LogP contribution in [0.2, 0.25) is 0 Å². The highest BCUT2D eigenvalue weighted by Crippen LogP contribution is 2.41. The Morgan fingerprint density at radius 2 is 1.88 bits per heavy atom. The zero-order valence-corrected chi connectivity index (χ0v) is 14.6. The van der Waals surface area contributed by atoms with E-state index < -0.39 is 42.0 Å². The van der Waals surface area contributed by atoms with Gasteiger partial charge in [-0.1, -0.05) is 28.1 Å². The van der Waals surface area contributed by atoms with Crippen molar-refractivity contribution in [3.63, 3.8) is 0 Å². The van der Waals surface area contributed by atoms with Crippen molar-refractivity contribution >= 4 is 33.4 Å². The largest absolute Gasteiger partial charge is 0.483 e. The van der Waals surface area contributed by atoms with Crippen LogP contribution in [0, 0.1) is 0 Å². The number of amides is 2. The number of halogens is 4. The van der Waals surface area contributed by atoms with Crippen LogP contribution < -0.4 is 15.4 Å². The van der Waals surface area contributed by atoms with Gasteiger partial charge in [0.25, 0.3) is 11.8 Å². The summed E-state index contributed by atoms with van der Waals surface area (Å²) in [5, 5.41) is 4.97. The van der Waals surface area contributed by atoms with Gasteiger partial charge < -0.3 is 15.4 Å². The van der Waals surface area contributed by atoms with Crippen molar-refractivity contribution in [3.8, 4) is 5.75 Å². The number of carbonyl (C=O) groups excluding carboxylic acids is 2. The average molecular weight is 429 g/mol. The van der Waals surface area contributed by atoms with Crippen molar-refractivity contribution in [1.82, 2.24) is 5.32 Å². The van der Waals surface area contributed by atoms with Crippen LogP contribution in [0.5, 0.6) is 5.75 Å². The molecule has 2 N–H and O–H groups in total. The van der Waals surface area contributed by atoms with Gasteiger partial charge in [-0.15, -0.1) is 0 Å². The molecule has 0 bridgehead atoms. The molecule has 26 heavy (non-hydrogen) atoms. The minimum atomic E-state index is -4.68. The number of fused-ring (bicyclic) bond motifs is 1. The number of rotatable bonds is 2. The molecule has 1 atom stereocenters. The lowest BCUT2D eigenvalue weighted by molar-refractivity contribution is -0.139. The highest BCUT2D eigenvalue weighted by atomic mass is 79.9. The van der Waals surface area contributed by atoms with E-state index in [2.05, 4.69) is 26.6 Å². The zero-order chi connectivity index (χ0) is 18.9. The molecule has 136 valence electrons. The van der Waals surface area contributed by atoms with Crippen molar-refractivity contribution in [3.05, 3.63) is 58.1 Å². The average Bonchev–Trinajstić information content (AvgIpc) is 2.75. The number of carbonyl (C=O) groups is 2. The molecule has 1 aliphatic rings. The van der Waals surface area contributed by atoms with Gasteiger partial charge in [0.1, 0.15) is 11.8 Å². The summed E-state index contributed by atoms with van der Waals surface area (Å²) in [4.78, 5) is 24.4. The van der Waals surface area contributed by atoms with E-state index in [1.807, 2.05) is 0 Å². The van der Waals surface area contributed by atoms with Gasteiger partial charge in [-0.2, -0.15) is 13.2 Å². The van der Waals surface area contributed by atoms with E-state index in [-0.39, 0.29) is 5.56 Å². The summed E-state index contributed by atoms with van der Waals surface area (Å²) in [5.41, 5.74) is -0.653. The molecular weight excluding hydrogens is 417 g/mol. The monoisotopic (exact) mass is 428 g/mol.